The number of hydrogen-bond acceptors (Lipinski definition) is 5. The number of pyridine rings is 1. The lowest BCUT2D eigenvalue weighted by Gasteiger charge is -2.45. The van der Waals surface area contributed by atoms with Gasteiger partial charge in [-0.1, -0.05) is 0 Å². The van der Waals surface area contributed by atoms with Crippen LogP contribution in [0.25, 0.3) is 0 Å². The van der Waals surface area contributed by atoms with Gasteiger partial charge < -0.3 is 24.0 Å². The van der Waals surface area contributed by atoms with Crippen LogP contribution in [0.1, 0.15) is 37.3 Å². The molecule has 3 unspecified atom stereocenters. The lowest BCUT2D eigenvalue weighted by atomic mass is 9.81. The summed E-state index contributed by atoms with van der Waals surface area (Å²) in [5, 5.41) is 19.4. The fraction of sp³-hybridized carbons (Fsp3) is 0.545. The molecule has 0 aromatic carbocycles. The first-order valence-electron chi connectivity index (χ1n) is 10.9. The molecule has 166 valence electrons. The summed E-state index contributed by atoms with van der Waals surface area (Å²) in [5.41, 5.74) is -0.0376. The molecule has 5 rings (SSSR count). The van der Waals surface area contributed by atoms with Gasteiger partial charge in [0.15, 0.2) is 0 Å². The van der Waals surface area contributed by atoms with Crippen LogP contribution >= 0.6 is 0 Å². The number of aromatic nitrogens is 2. The molecule has 2 bridgehead atoms. The van der Waals surface area contributed by atoms with E-state index in [0.29, 0.717) is 39.3 Å². The Morgan fingerprint density at radius 1 is 1.19 bits per heavy atom. The van der Waals surface area contributed by atoms with Crippen molar-refractivity contribution in [1.82, 2.24) is 14.0 Å². The Morgan fingerprint density at radius 3 is 2.65 bits per heavy atom. The summed E-state index contributed by atoms with van der Waals surface area (Å²) < 4.78 is 9.36. The van der Waals surface area contributed by atoms with Crippen LogP contribution in [0.3, 0.4) is 0 Å². The summed E-state index contributed by atoms with van der Waals surface area (Å²) in [5.74, 6) is 0.363. The van der Waals surface area contributed by atoms with E-state index in [1.807, 2.05) is 29.4 Å². The number of ether oxygens (including phenoxy) is 1. The van der Waals surface area contributed by atoms with Gasteiger partial charge in [0, 0.05) is 62.9 Å². The van der Waals surface area contributed by atoms with Crippen molar-refractivity contribution < 1.29 is 20.0 Å². The van der Waals surface area contributed by atoms with Gasteiger partial charge in [0.25, 0.3) is 0 Å². The topological polar surface area (TPSA) is 104 Å². The van der Waals surface area contributed by atoms with E-state index in [4.69, 9.17) is 4.74 Å². The summed E-state index contributed by atoms with van der Waals surface area (Å²) >= 11 is 0. The average Bonchev–Trinajstić information content (AvgIpc) is 3.30. The monoisotopic (exact) mass is 428 g/mol. The normalized spacial score (nSPS) is 25.7. The minimum absolute atomic E-state index is 0.0595. The third-order valence-corrected chi connectivity index (χ3v) is 7.24. The zero-order valence-corrected chi connectivity index (χ0v) is 17.4. The van der Waals surface area contributed by atoms with E-state index in [1.165, 1.54) is 6.07 Å². The molecule has 0 spiro atoms. The maximum Gasteiger partial charge on any atom is 0.315 e. The number of fused-ring (bicyclic) bond motifs is 4. The van der Waals surface area contributed by atoms with Crippen molar-refractivity contribution in [2.75, 3.05) is 26.3 Å². The molecule has 31 heavy (non-hydrogen) atoms. The van der Waals surface area contributed by atoms with Crippen molar-refractivity contribution in [3.05, 3.63) is 57.9 Å². The molecular weight excluding hydrogens is 400 g/mol. The van der Waals surface area contributed by atoms with Crippen LogP contribution in [0.5, 0.6) is 0 Å². The zero-order valence-electron chi connectivity index (χ0n) is 17.4. The molecule has 0 radical (unpaired) electrons. The number of carbonyl (C=O) groups is 1. The third-order valence-electron chi connectivity index (χ3n) is 7.24. The van der Waals surface area contributed by atoms with Crippen LogP contribution in [0, 0.1) is 11.1 Å². The number of carbonyl (C=O) groups excluding carboxylic acids is 1. The van der Waals surface area contributed by atoms with Crippen LogP contribution in [-0.4, -0.2) is 51.5 Å². The fourth-order valence-corrected chi connectivity index (χ4v) is 5.63. The Morgan fingerprint density at radius 2 is 1.94 bits per heavy atom. The SMILES string of the molecule is O=C(CC1(n2cccc2)CCOCC1)N1CC2CC(C1)c1ccc([NH+]([O-])O)c(=O)n1C2. The first kappa shape index (κ1) is 20.4. The van der Waals surface area contributed by atoms with Crippen LogP contribution in [-0.2, 0) is 21.6 Å². The summed E-state index contributed by atoms with van der Waals surface area (Å²) in [4.78, 5) is 28.0. The van der Waals surface area contributed by atoms with E-state index in [9.17, 15) is 20.0 Å². The highest BCUT2D eigenvalue weighted by atomic mass is 16.8. The van der Waals surface area contributed by atoms with Crippen molar-refractivity contribution in [3.8, 4) is 0 Å². The maximum atomic E-state index is 13.4. The number of rotatable bonds is 4. The third kappa shape index (κ3) is 3.61. The molecular formula is C22H28N4O5. The number of likely N-dealkylation sites (tertiary alicyclic amines) is 1. The van der Waals surface area contributed by atoms with Crippen LogP contribution in [0.2, 0.25) is 0 Å². The first-order valence-corrected chi connectivity index (χ1v) is 10.9. The molecule has 0 aliphatic carbocycles. The van der Waals surface area contributed by atoms with E-state index >= 15 is 0 Å². The second kappa shape index (κ2) is 7.90. The van der Waals surface area contributed by atoms with Crippen molar-refractivity contribution >= 4 is 11.6 Å². The quantitative estimate of drug-likeness (QED) is 0.694. The van der Waals surface area contributed by atoms with E-state index in [0.717, 1.165) is 25.0 Å². The number of hydrogen-bond donors (Lipinski definition) is 2. The largest absolute Gasteiger partial charge is 0.595 e. The van der Waals surface area contributed by atoms with Crippen LogP contribution < -0.4 is 10.8 Å². The summed E-state index contributed by atoms with van der Waals surface area (Å²) in [6, 6.07) is 7.14. The Kier molecular flexibility index (Phi) is 5.21. The predicted octanol–water partition coefficient (Wildman–Crippen LogP) is 0.595. The highest BCUT2D eigenvalue weighted by molar-refractivity contribution is 5.77. The Hall–Kier alpha value is -2.46. The number of piperidine rings is 1. The van der Waals surface area contributed by atoms with Crippen LogP contribution in [0.4, 0.5) is 5.69 Å². The molecule has 3 aliphatic rings. The molecule has 9 nitrogen and oxygen atoms in total. The summed E-state index contributed by atoms with van der Waals surface area (Å²) in [6.07, 6.45) is 7.05. The molecule has 3 aliphatic heterocycles. The summed E-state index contributed by atoms with van der Waals surface area (Å²) in [6.45, 7) is 2.94. The Balaban J connectivity index is 1.37. The van der Waals surface area contributed by atoms with Gasteiger partial charge >= 0.3 is 5.56 Å². The molecule has 3 atom stereocenters. The Labute approximate surface area is 180 Å². The van der Waals surface area contributed by atoms with E-state index in [-0.39, 0.29) is 29.0 Å². The molecule has 2 saturated heterocycles. The highest BCUT2D eigenvalue weighted by Gasteiger charge is 2.41. The van der Waals surface area contributed by atoms with E-state index in [2.05, 4.69) is 4.57 Å². The maximum absolute atomic E-state index is 13.4. The van der Waals surface area contributed by atoms with E-state index < -0.39 is 10.8 Å². The Bertz CT molecular complexity index is 1010. The predicted molar refractivity (Wildman–Crippen MR) is 111 cm³/mol. The zero-order chi connectivity index (χ0) is 21.6. The number of nitrogens with one attached hydrogen (secondary N) is 1. The number of nitrogens with zero attached hydrogens (tertiary/aromatic N) is 3. The van der Waals surface area contributed by atoms with Crippen molar-refractivity contribution in [2.24, 2.45) is 5.92 Å². The fourth-order valence-electron chi connectivity index (χ4n) is 5.63. The minimum atomic E-state index is -1.19. The van der Waals surface area contributed by atoms with Gasteiger partial charge in [-0.25, -0.2) is 5.21 Å². The minimum Gasteiger partial charge on any atom is -0.595 e. The molecule has 5 heterocycles. The summed E-state index contributed by atoms with van der Waals surface area (Å²) in [7, 11) is 0. The van der Waals surface area contributed by atoms with Crippen LogP contribution in [0.15, 0.2) is 41.5 Å². The van der Waals surface area contributed by atoms with E-state index in [1.54, 1.807) is 10.6 Å². The van der Waals surface area contributed by atoms with Crippen molar-refractivity contribution in [3.63, 3.8) is 0 Å². The molecule has 0 saturated carbocycles. The average molecular weight is 428 g/mol. The lowest BCUT2D eigenvalue weighted by molar-refractivity contribution is -0.992. The smallest absolute Gasteiger partial charge is 0.315 e. The molecule has 1 amide bonds. The van der Waals surface area contributed by atoms with Gasteiger partial charge in [0.1, 0.15) is 0 Å². The molecule has 2 fully saturated rings. The molecule has 2 aromatic heterocycles. The van der Waals surface area contributed by atoms with Crippen molar-refractivity contribution in [1.29, 1.82) is 0 Å². The van der Waals surface area contributed by atoms with Crippen molar-refractivity contribution in [2.45, 2.75) is 43.7 Å². The molecule has 2 N–H and O–H groups in total. The second-order valence-corrected chi connectivity index (χ2v) is 9.09. The van der Waals surface area contributed by atoms with Gasteiger partial charge in [-0.15, -0.1) is 0 Å². The number of amides is 1. The van der Waals surface area contributed by atoms with Gasteiger partial charge in [-0.05, 0) is 43.4 Å². The lowest BCUT2D eigenvalue weighted by Crippen LogP contribution is -3.00. The first-order chi connectivity index (χ1) is 15.0. The van der Waals surface area contributed by atoms with Gasteiger partial charge in [-0.3, -0.25) is 9.59 Å². The standard InChI is InChI=1S/C22H28N4O5/c27-20(12-22(5-9-31-10-6-22)24-7-1-2-8-24)23-13-16-11-17(15-23)18-3-4-19(26(29)30)21(28)25(18)14-16/h1-4,7-8,16-17,26,29H,5-6,9-15H2. The molecule has 2 aromatic rings. The molecule has 9 heteroatoms. The highest BCUT2D eigenvalue weighted by Crippen LogP contribution is 2.38. The van der Waals surface area contributed by atoms with Gasteiger partial charge in [0.05, 0.1) is 12.0 Å². The second-order valence-electron chi connectivity index (χ2n) is 9.09. The van der Waals surface area contributed by atoms with Gasteiger partial charge in [0.2, 0.25) is 11.6 Å². The van der Waals surface area contributed by atoms with Gasteiger partial charge in [-0.2, -0.15) is 5.23 Å². The number of quaternary nitrogens is 1.